The van der Waals surface area contributed by atoms with Crippen molar-refractivity contribution in [2.45, 2.75) is 13.0 Å². The van der Waals surface area contributed by atoms with Crippen molar-refractivity contribution in [3.8, 4) is 5.75 Å². The highest BCUT2D eigenvalue weighted by Gasteiger charge is 2.04. The molecule has 2 aromatic rings. The molecule has 1 heterocycles. The van der Waals surface area contributed by atoms with E-state index in [1.807, 2.05) is 10.8 Å². The Morgan fingerprint density at radius 3 is 2.88 bits per heavy atom. The van der Waals surface area contributed by atoms with Gasteiger partial charge in [0, 0.05) is 25.0 Å². The van der Waals surface area contributed by atoms with Gasteiger partial charge in [0.2, 0.25) is 0 Å². The summed E-state index contributed by atoms with van der Waals surface area (Å²) in [4.78, 5) is 3.90. The predicted molar refractivity (Wildman–Crippen MR) is 58.7 cm³/mol. The van der Waals surface area contributed by atoms with Gasteiger partial charge in [-0.3, -0.25) is 0 Å². The van der Waals surface area contributed by atoms with Crippen LogP contribution in [0.5, 0.6) is 5.75 Å². The molecule has 0 fully saturated rings. The summed E-state index contributed by atoms with van der Waals surface area (Å²) < 4.78 is 32.9. The number of benzene rings is 1. The number of aryl methyl sites for hydroxylation is 1. The van der Waals surface area contributed by atoms with Crippen LogP contribution >= 0.6 is 0 Å². The van der Waals surface area contributed by atoms with E-state index in [0.29, 0.717) is 6.61 Å². The molecule has 90 valence electrons. The minimum atomic E-state index is -0.673. The smallest absolute Gasteiger partial charge is 0.167 e. The van der Waals surface area contributed by atoms with Crippen molar-refractivity contribution >= 4 is 0 Å². The minimum absolute atomic E-state index is 0.0806. The van der Waals surface area contributed by atoms with E-state index in [0.717, 1.165) is 19.0 Å². The average Bonchev–Trinajstić information content (AvgIpc) is 2.79. The summed E-state index contributed by atoms with van der Waals surface area (Å²) in [7, 11) is 0. The molecule has 0 N–H and O–H groups in total. The molecule has 0 unspecified atom stereocenters. The van der Waals surface area contributed by atoms with Gasteiger partial charge in [-0.05, 0) is 18.6 Å². The lowest BCUT2D eigenvalue weighted by molar-refractivity contribution is 0.287. The number of nitrogens with zero attached hydrogens (tertiary/aromatic N) is 2. The first-order valence-corrected chi connectivity index (χ1v) is 5.29. The third-order valence-corrected chi connectivity index (χ3v) is 2.27. The Labute approximate surface area is 97.7 Å². The van der Waals surface area contributed by atoms with E-state index in [1.54, 1.807) is 12.5 Å². The number of hydrogen-bond donors (Lipinski definition) is 0. The lowest BCUT2D eigenvalue weighted by Gasteiger charge is -2.07. The summed E-state index contributed by atoms with van der Waals surface area (Å²) in [6, 6.07) is 3.28. The van der Waals surface area contributed by atoms with Crippen LogP contribution < -0.4 is 4.74 Å². The summed E-state index contributed by atoms with van der Waals surface area (Å²) in [6.07, 6.45) is 5.98. The van der Waals surface area contributed by atoms with E-state index in [4.69, 9.17) is 4.74 Å². The molecule has 5 heteroatoms. The fourth-order valence-corrected chi connectivity index (χ4v) is 1.44. The maximum absolute atomic E-state index is 13.2. The Balaban J connectivity index is 1.78. The van der Waals surface area contributed by atoms with Crippen LogP contribution in [0.4, 0.5) is 8.78 Å². The first kappa shape index (κ1) is 11.6. The molecule has 0 radical (unpaired) electrons. The Morgan fingerprint density at radius 1 is 1.29 bits per heavy atom. The highest BCUT2D eigenvalue weighted by atomic mass is 19.1. The van der Waals surface area contributed by atoms with Crippen molar-refractivity contribution in [3.63, 3.8) is 0 Å². The molecule has 0 aliphatic rings. The molecule has 0 saturated carbocycles. The van der Waals surface area contributed by atoms with Crippen LogP contribution in [0.15, 0.2) is 36.9 Å². The summed E-state index contributed by atoms with van der Waals surface area (Å²) >= 11 is 0. The number of hydrogen-bond acceptors (Lipinski definition) is 2. The second-order valence-corrected chi connectivity index (χ2v) is 3.58. The number of rotatable bonds is 5. The Bertz CT molecular complexity index is 471. The van der Waals surface area contributed by atoms with Crippen LogP contribution in [0.2, 0.25) is 0 Å². The lowest BCUT2D eigenvalue weighted by atomic mass is 10.3. The molecular formula is C12H12F2N2O. The van der Waals surface area contributed by atoms with Gasteiger partial charge in [-0.25, -0.2) is 13.8 Å². The van der Waals surface area contributed by atoms with Crippen molar-refractivity contribution < 1.29 is 13.5 Å². The van der Waals surface area contributed by atoms with Gasteiger partial charge < -0.3 is 9.30 Å². The van der Waals surface area contributed by atoms with Crippen LogP contribution in [0.1, 0.15) is 6.42 Å². The van der Waals surface area contributed by atoms with Crippen molar-refractivity contribution in [1.82, 2.24) is 9.55 Å². The average molecular weight is 238 g/mol. The van der Waals surface area contributed by atoms with Gasteiger partial charge in [0.25, 0.3) is 0 Å². The van der Waals surface area contributed by atoms with Crippen LogP contribution in [0, 0.1) is 11.6 Å². The van der Waals surface area contributed by atoms with Crippen molar-refractivity contribution in [2.75, 3.05) is 6.61 Å². The van der Waals surface area contributed by atoms with E-state index in [2.05, 4.69) is 4.98 Å². The number of aromatic nitrogens is 2. The van der Waals surface area contributed by atoms with Gasteiger partial charge in [0.05, 0.1) is 12.9 Å². The van der Waals surface area contributed by atoms with E-state index < -0.39 is 11.6 Å². The molecule has 1 aromatic carbocycles. The molecule has 17 heavy (non-hydrogen) atoms. The van der Waals surface area contributed by atoms with Crippen molar-refractivity contribution in [3.05, 3.63) is 48.6 Å². The first-order chi connectivity index (χ1) is 8.25. The SMILES string of the molecule is Fc1ccc(OCCCn2ccnc2)c(F)c1. The summed E-state index contributed by atoms with van der Waals surface area (Å²) in [6.45, 7) is 1.13. The molecule has 1 aromatic heterocycles. The van der Waals surface area contributed by atoms with Crippen LogP contribution in [0.25, 0.3) is 0 Å². The van der Waals surface area contributed by atoms with Gasteiger partial charge in [0.15, 0.2) is 11.6 Å². The largest absolute Gasteiger partial charge is 0.490 e. The van der Waals surface area contributed by atoms with Gasteiger partial charge in [0.1, 0.15) is 5.82 Å². The molecule has 0 bridgehead atoms. The quantitative estimate of drug-likeness (QED) is 0.749. The van der Waals surface area contributed by atoms with E-state index >= 15 is 0 Å². The molecule has 0 aliphatic carbocycles. The zero-order valence-corrected chi connectivity index (χ0v) is 9.14. The van der Waals surface area contributed by atoms with Crippen molar-refractivity contribution in [2.24, 2.45) is 0 Å². The number of imidazole rings is 1. The van der Waals surface area contributed by atoms with E-state index in [-0.39, 0.29) is 5.75 Å². The molecule has 0 saturated heterocycles. The second kappa shape index (κ2) is 5.43. The number of ether oxygens (including phenoxy) is 1. The van der Waals surface area contributed by atoms with Gasteiger partial charge in [-0.2, -0.15) is 0 Å². The zero-order chi connectivity index (χ0) is 12.1. The normalized spacial score (nSPS) is 10.5. The number of halogens is 2. The zero-order valence-electron chi connectivity index (χ0n) is 9.14. The fourth-order valence-electron chi connectivity index (χ4n) is 1.44. The van der Waals surface area contributed by atoms with E-state index in [1.165, 1.54) is 12.1 Å². The van der Waals surface area contributed by atoms with E-state index in [9.17, 15) is 8.78 Å². The Morgan fingerprint density at radius 2 is 2.18 bits per heavy atom. The monoisotopic (exact) mass is 238 g/mol. The summed E-state index contributed by atoms with van der Waals surface area (Å²) in [5.74, 6) is -1.20. The van der Waals surface area contributed by atoms with Crippen LogP contribution in [0.3, 0.4) is 0 Å². The van der Waals surface area contributed by atoms with Crippen LogP contribution in [-0.4, -0.2) is 16.2 Å². The Hall–Kier alpha value is -1.91. The van der Waals surface area contributed by atoms with Gasteiger partial charge in [-0.1, -0.05) is 0 Å². The van der Waals surface area contributed by atoms with Crippen molar-refractivity contribution in [1.29, 1.82) is 0 Å². The Kier molecular flexibility index (Phi) is 3.69. The molecule has 0 atom stereocenters. The maximum atomic E-state index is 13.2. The predicted octanol–water partition coefficient (Wildman–Crippen LogP) is 2.63. The topological polar surface area (TPSA) is 27.1 Å². The summed E-state index contributed by atoms with van der Waals surface area (Å²) in [5, 5.41) is 0. The van der Waals surface area contributed by atoms with Gasteiger partial charge in [-0.15, -0.1) is 0 Å². The molecule has 2 rings (SSSR count). The molecular weight excluding hydrogens is 226 g/mol. The highest BCUT2D eigenvalue weighted by Crippen LogP contribution is 2.17. The second-order valence-electron chi connectivity index (χ2n) is 3.58. The first-order valence-electron chi connectivity index (χ1n) is 5.29. The third-order valence-electron chi connectivity index (χ3n) is 2.27. The maximum Gasteiger partial charge on any atom is 0.167 e. The molecule has 0 spiro atoms. The minimum Gasteiger partial charge on any atom is -0.490 e. The molecule has 0 aliphatic heterocycles. The van der Waals surface area contributed by atoms with Gasteiger partial charge >= 0.3 is 0 Å². The standard InChI is InChI=1S/C12H12F2N2O/c13-10-2-3-12(11(14)8-10)17-7-1-5-16-6-4-15-9-16/h2-4,6,8-9H,1,5,7H2. The molecule has 0 amide bonds. The lowest BCUT2D eigenvalue weighted by Crippen LogP contribution is -2.04. The highest BCUT2D eigenvalue weighted by molar-refractivity contribution is 5.24. The molecule has 3 nitrogen and oxygen atoms in total. The van der Waals surface area contributed by atoms with Crippen LogP contribution in [-0.2, 0) is 6.54 Å². The third kappa shape index (κ3) is 3.27. The fraction of sp³-hybridized carbons (Fsp3) is 0.250. The summed E-state index contributed by atoms with van der Waals surface area (Å²) in [5.41, 5.74) is 0.